The number of rotatable bonds is 4. The number of benzene rings is 1. The maximum atomic E-state index is 5.94. The van der Waals surface area contributed by atoms with E-state index in [1.165, 1.54) is 16.7 Å². The first-order chi connectivity index (χ1) is 7.49. The number of aryl methyl sites for hydroxylation is 2. The van der Waals surface area contributed by atoms with Crippen LogP contribution in [-0.4, -0.2) is 24.5 Å². The van der Waals surface area contributed by atoms with Crippen LogP contribution < -0.4 is 5.73 Å². The standard InChI is InChI=1S/C14H24N2/c1-10(2)16(5)13(9-15)14-11(3)7-6-8-12(14)4/h6-8,10,13H,9,15H2,1-5H3. The molecule has 1 atom stereocenters. The summed E-state index contributed by atoms with van der Waals surface area (Å²) in [5, 5.41) is 0. The fourth-order valence-corrected chi connectivity index (χ4v) is 2.20. The number of nitrogens with zero attached hydrogens (tertiary/aromatic N) is 1. The molecule has 0 saturated carbocycles. The first-order valence-corrected chi connectivity index (χ1v) is 5.97. The number of hydrogen-bond donors (Lipinski definition) is 1. The molecule has 0 aromatic heterocycles. The predicted molar refractivity (Wildman–Crippen MR) is 70.6 cm³/mol. The molecule has 1 aromatic rings. The van der Waals surface area contributed by atoms with Gasteiger partial charge in [-0.2, -0.15) is 0 Å². The van der Waals surface area contributed by atoms with Crippen LogP contribution in [0.1, 0.15) is 36.6 Å². The molecule has 0 aliphatic carbocycles. The van der Waals surface area contributed by atoms with Crippen LogP contribution in [0.15, 0.2) is 18.2 Å². The predicted octanol–water partition coefficient (Wildman–Crippen LogP) is 2.64. The van der Waals surface area contributed by atoms with Crippen LogP contribution >= 0.6 is 0 Å². The van der Waals surface area contributed by atoms with Gasteiger partial charge in [-0.15, -0.1) is 0 Å². The molecule has 2 N–H and O–H groups in total. The summed E-state index contributed by atoms with van der Waals surface area (Å²) in [5.41, 5.74) is 10.0. The normalized spacial score (nSPS) is 13.5. The Balaban J connectivity index is 3.13. The summed E-state index contributed by atoms with van der Waals surface area (Å²) in [6.07, 6.45) is 0. The van der Waals surface area contributed by atoms with Crippen LogP contribution in [0.4, 0.5) is 0 Å². The highest BCUT2D eigenvalue weighted by atomic mass is 15.2. The third kappa shape index (κ3) is 2.63. The Bertz CT molecular complexity index is 324. The minimum absolute atomic E-state index is 0.321. The molecule has 1 aromatic carbocycles. The fourth-order valence-electron chi connectivity index (χ4n) is 2.20. The van der Waals surface area contributed by atoms with Gasteiger partial charge in [-0.3, -0.25) is 4.90 Å². The maximum Gasteiger partial charge on any atom is 0.0475 e. The van der Waals surface area contributed by atoms with Crippen LogP contribution in [0.25, 0.3) is 0 Å². The minimum atomic E-state index is 0.321. The summed E-state index contributed by atoms with van der Waals surface area (Å²) >= 11 is 0. The lowest BCUT2D eigenvalue weighted by atomic mass is 9.94. The van der Waals surface area contributed by atoms with Crippen molar-refractivity contribution in [1.29, 1.82) is 0 Å². The highest BCUT2D eigenvalue weighted by molar-refractivity contribution is 5.36. The molecule has 0 amide bonds. The van der Waals surface area contributed by atoms with E-state index in [9.17, 15) is 0 Å². The van der Waals surface area contributed by atoms with Crippen molar-refractivity contribution in [2.45, 2.75) is 39.8 Å². The third-order valence-corrected chi connectivity index (χ3v) is 3.40. The van der Waals surface area contributed by atoms with E-state index in [2.05, 4.69) is 57.8 Å². The average molecular weight is 220 g/mol. The summed E-state index contributed by atoms with van der Waals surface area (Å²) in [7, 11) is 2.15. The first-order valence-electron chi connectivity index (χ1n) is 5.97. The number of likely N-dealkylation sites (N-methyl/N-ethyl adjacent to an activating group) is 1. The lowest BCUT2D eigenvalue weighted by Gasteiger charge is -2.32. The molecule has 2 nitrogen and oxygen atoms in total. The largest absolute Gasteiger partial charge is 0.329 e. The number of hydrogen-bond acceptors (Lipinski definition) is 2. The quantitative estimate of drug-likeness (QED) is 0.845. The molecule has 2 heteroatoms. The molecule has 0 bridgehead atoms. The van der Waals surface area contributed by atoms with Gasteiger partial charge in [0.1, 0.15) is 0 Å². The highest BCUT2D eigenvalue weighted by Crippen LogP contribution is 2.26. The Morgan fingerprint density at radius 3 is 2.06 bits per heavy atom. The van der Waals surface area contributed by atoms with E-state index in [0.717, 1.165) is 0 Å². The Kier molecular flexibility index (Phi) is 4.51. The van der Waals surface area contributed by atoms with Crippen molar-refractivity contribution in [3.05, 3.63) is 34.9 Å². The van der Waals surface area contributed by atoms with E-state index >= 15 is 0 Å². The SMILES string of the molecule is Cc1cccc(C)c1C(CN)N(C)C(C)C. The topological polar surface area (TPSA) is 29.3 Å². The van der Waals surface area contributed by atoms with E-state index in [1.807, 2.05) is 0 Å². The zero-order valence-corrected chi connectivity index (χ0v) is 11.1. The monoisotopic (exact) mass is 220 g/mol. The van der Waals surface area contributed by atoms with Crippen molar-refractivity contribution in [1.82, 2.24) is 4.90 Å². The molecule has 0 saturated heterocycles. The van der Waals surface area contributed by atoms with Crippen molar-refractivity contribution in [2.24, 2.45) is 5.73 Å². The van der Waals surface area contributed by atoms with Gasteiger partial charge in [-0.1, -0.05) is 18.2 Å². The third-order valence-electron chi connectivity index (χ3n) is 3.40. The van der Waals surface area contributed by atoms with Crippen molar-refractivity contribution in [2.75, 3.05) is 13.6 Å². The van der Waals surface area contributed by atoms with E-state index in [1.54, 1.807) is 0 Å². The van der Waals surface area contributed by atoms with E-state index in [4.69, 9.17) is 5.73 Å². The molecule has 0 spiro atoms. The van der Waals surface area contributed by atoms with Gasteiger partial charge in [0.15, 0.2) is 0 Å². The van der Waals surface area contributed by atoms with Gasteiger partial charge < -0.3 is 5.73 Å². The molecule has 0 aliphatic rings. The van der Waals surface area contributed by atoms with Gasteiger partial charge in [0, 0.05) is 18.6 Å². The summed E-state index contributed by atoms with van der Waals surface area (Å²) in [5.74, 6) is 0. The second-order valence-electron chi connectivity index (χ2n) is 4.82. The first kappa shape index (κ1) is 13.2. The molecule has 16 heavy (non-hydrogen) atoms. The summed E-state index contributed by atoms with van der Waals surface area (Å²) < 4.78 is 0. The molecular formula is C14H24N2. The Hall–Kier alpha value is -0.860. The van der Waals surface area contributed by atoms with Gasteiger partial charge in [0.05, 0.1) is 0 Å². The van der Waals surface area contributed by atoms with E-state index < -0.39 is 0 Å². The molecule has 1 rings (SSSR count). The zero-order valence-electron chi connectivity index (χ0n) is 11.1. The lowest BCUT2D eigenvalue weighted by Crippen LogP contribution is -2.36. The van der Waals surface area contributed by atoms with Gasteiger partial charge in [-0.25, -0.2) is 0 Å². The van der Waals surface area contributed by atoms with Gasteiger partial charge >= 0.3 is 0 Å². The van der Waals surface area contributed by atoms with Crippen molar-refractivity contribution < 1.29 is 0 Å². The van der Waals surface area contributed by atoms with Crippen molar-refractivity contribution in [3.8, 4) is 0 Å². The number of nitrogens with two attached hydrogens (primary N) is 1. The second-order valence-corrected chi connectivity index (χ2v) is 4.82. The summed E-state index contributed by atoms with van der Waals surface area (Å²) in [6, 6.07) is 7.27. The molecule has 0 radical (unpaired) electrons. The van der Waals surface area contributed by atoms with Crippen LogP contribution in [-0.2, 0) is 0 Å². The maximum absolute atomic E-state index is 5.94. The Morgan fingerprint density at radius 2 is 1.69 bits per heavy atom. The molecule has 0 heterocycles. The summed E-state index contributed by atoms with van der Waals surface area (Å²) in [4.78, 5) is 2.34. The van der Waals surface area contributed by atoms with Crippen molar-refractivity contribution in [3.63, 3.8) is 0 Å². The second kappa shape index (κ2) is 5.46. The summed E-state index contributed by atoms with van der Waals surface area (Å²) in [6.45, 7) is 9.41. The molecule has 0 aliphatic heterocycles. The van der Waals surface area contributed by atoms with Gasteiger partial charge in [0.2, 0.25) is 0 Å². The smallest absolute Gasteiger partial charge is 0.0475 e. The van der Waals surface area contributed by atoms with Crippen LogP contribution in [0.5, 0.6) is 0 Å². The van der Waals surface area contributed by atoms with E-state index in [-0.39, 0.29) is 0 Å². The van der Waals surface area contributed by atoms with Gasteiger partial charge in [0.25, 0.3) is 0 Å². The van der Waals surface area contributed by atoms with Gasteiger partial charge in [-0.05, 0) is 51.4 Å². The fraction of sp³-hybridized carbons (Fsp3) is 0.571. The van der Waals surface area contributed by atoms with Crippen LogP contribution in [0.2, 0.25) is 0 Å². The zero-order chi connectivity index (χ0) is 12.3. The molecule has 1 unspecified atom stereocenters. The minimum Gasteiger partial charge on any atom is -0.329 e. The molecule has 0 fully saturated rings. The Morgan fingerprint density at radius 1 is 1.19 bits per heavy atom. The average Bonchev–Trinajstić information content (AvgIpc) is 2.22. The Labute approximate surface area is 99.5 Å². The van der Waals surface area contributed by atoms with Crippen LogP contribution in [0.3, 0.4) is 0 Å². The van der Waals surface area contributed by atoms with Crippen molar-refractivity contribution >= 4 is 0 Å². The van der Waals surface area contributed by atoms with E-state index in [0.29, 0.717) is 18.6 Å². The highest BCUT2D eigenvalue weighted by Gasteiger charge is 2.20. The lowest BCUT2D eigenvalue weighted by molar-refractivity contribution is 0.200. The molecular weight excluding hydrogens is 196 g/mol. The molecule has 90 valence electrons. The van der Waals surface area contributed by atoms with Crippen LogP contribution in [0, 0.1) is 13.8 Å².